The summed E-state index contributed by atoms with van der Waals surface area (Å²) in [6.45, 7) is 4.19. The van der Waals surface area contributed by atoms with E-state index in [-0.39, 0.29) is 24.3 Å². The van der Waals surface area contributed by atoms with Crippen LogP contribution in [0.2, 0.25) is 5.02 Å². The van der Waals surface area contributed by atoms with E-state index in [1.807, 2.05) is 32.0 Å². The van der Waals surface area contributed by atoms with Crippen LogP contribution in [0, 0.1) is 13.8 Å². The summed E-state index contributed by atoms with van der Waals surface area (Å²) in [5.74, 6) is -0.466. The van der Waals surface area contributed by atoms with E-state index in [4.69, 9.17) is 16.3 Å². The van der Waals surface area contributed by atoms with Crippen LogP contribution in [0.4, 0.5) is 5.69 Å². The van der Waals surface area contributed by atoms with Gasteiger partial charge in [0.2, 0.25) is 11.8 Å². The number of amides is 3. The van der Waals surface area contributed by atoms with Crippen LogP contribution in [-0.4, -0.2) is 60.8 Å². The minimum absolute atomic E-state index is 0.106. The van der Waals surface area contributed by atoms with E-state index in [1.165, 1.54) is 16.9 Å². The van der Waals surface area contributed by atoms with E-state index in [9.17, 15) is 14.4 Å². The van der Waals surface area contributed by atoms with Crippen LogP contribution in [0.25, 0.3) is 0 Å². The summed E-state index contributed by atoms with van der Waals surface area (Å²) in [5.41, 5.74) is 2.98. The molecule has 1 aliphatic rings. The highest BCUT2D eigenvalue weighted by Crippen LogP contribution is 2.28. The van der Waals surface area contributed by atoms with Crippen LogP contribution < -0.4 is 10.1 Å². The molecule has 0 aliphatic carbocycles. The van der Waals surface area contributed by atoms with Gasteiger partial charge < -0.3 is 19.9 Å². The number of likely N-dealkylation sites (N-methyl/N-ethyl adjacent to an activating group) is 1. The number of rotatable bonds is 6. The zero-order chi connectivity index (χ0) is 23.4. The monoisotopic (exact) mass is 457 g/mol. The summed E-state index contributed by atoms with van der Waals surface area (Å²) < 4.78 is 5.30. The Morgan fingerprint density at radius 3 is 2.53 bits per heavy atom. The first-order valence-electron chi connectivity index (χ1n) is 10.5. The molecule has 3 amide bonds. The maximum absolute atomic E-state index is 13.2. The maximum atomic E-state index is 13.2. The molecular weight excluding hydrogens is 430 g/mol. The van der Waals surface area contributed by atoms with E-state index in [0.29, 0.717) is 35.7 Å². The topological polar surface area (TPSA) is 79.0 Å². The minimum atomic E-state index is -0.635. The molecule has 1 N–H and O–H groups in total. The Labute approximate surface area is 193 Å². The Morgan fingerprint density at radius 2 is 1.88 bits per heavy atom. The van der Waals surface area contributed by atoms with Crippen molar-refractivity contribution in [1.29, 1.82) is 0 Å². The van der Waals surface area contributed by atoms with Gasteiger partial charge in [-0.3, -0.25) is 14.4 Å². The van der Waals surface area contributed by atoms with Crippen molar-refractivity contribution in [2.45, 2.75) is 32.7 Å². The molecule has 7 nitrogen and oxygen atoms in total. The van der Waals surface area contributed by atoms with E-state index in [0.717, 1.165) is 16.8 Å². The van der Waals surface area contributed by atoms with Gasteiger partial charge in [-0.05, 0) is 56.0 Å². The van der Waals surface area contributed by atoms with Gasteiger partial charge in [-0.25, -0.2) is 0 Å². The number of nitrogens with one attached hydrogen (secondary N) is 1. The average molecular weight is 458 g/mol. The van der Waals surface area contributed by atoms with Crippen molar-refractivity contribution < 1.29 is 19.1 Å². The highest BCUT2D eigenvalue weighted by atomic mass is 35.5. The van der Waals surface area contributed by atoms with Gasteiger partial charge in [0.25, 0.3) is 5.91 Å². The van der Waals surface area contributed by atoms with Crippen LogP contribution in [0.3, 0.4) is 0 Å². The van der Waals surface area contributed by atoms with Gasteiger partial charge in [-0.2, -0.15) is 0 Å². The van der Waals surface area contributed by atoms with Crippen LogP contribution in [-0.2, 0) is 9.59 Å². The zero-order valence-corrected chi connectivity index (χ0v) is 19.5. The van der Waals surface area contributed by atoms with E-state index < -0.39 is 6.04 Å². The molecule has 32 heavy (non-hydrogen) atoms. The number of benzene rings is 2. The largest absolute Gasteiger partial charge is 0.496 e. The van der Waals surface area contributed by atoms with Crippen molar-refractivity contribution in [2.75, 3.05) is 32.6 Å². The number of hydrogen-bond acceptors (Lipinski definition) is 4. The number of carbonyl (C=O) groups excluding carboxylic acids is 3. The molecule has 3 rings (SSSR count). The van der Waals surface area contributed by atoms with Crippen molar-refractivity contribution in [3.05, 3.63) is 58.1 Å². The molecule has 1 aliphatic heterocycles. The standard InChI is InChI=1S/C24H28ClN3O4/c1-15-7-5-8-16(2)22(15)26-21(29)14-27(3)24(31)19-9-6-12-28(19)23(30)18-13-17(25)10-11-20(18)32-4/h5,7-8,10-11,13,19H,6,9,12,14H2,1-4H3,(H,26,29). The SMILES string of the molecule is COc1ccc(Cl)cc1C(=O)N1CCCC1C(=O)N(C)CC(=O)Nc1c(C)cccc1C. The number of para-hydroxylation sites is 1. The van der Waals surface area contributed by atoms with Crippen molar-refractivity contribution in [2.24, 2.45) is 0 Å². The number of halogens is 1. The molecular formula is C24H28ClN3O4. The van der Waals surface area contributed by atoms with Crippen molar-refractivity contribution in [1.82, 2.24) is 9.80 Å². The molecule has 0 saturated carbocycles. The Balaban J connectivity index is 1.70. The summed E-state index contributed by atoms with van der Waals surface area (Å²) >= 11 is 6.07. The maximum Gasteiger partial charge on any atom is 0.258 e. The second kappa shape index (κ2) is 10.0. The Morgan fingerprint density at radius 1 is 1.19 bits per heavy atom. The molecule has 0 bridgehead atoms. The first-order chi connectivity index (χ1) is 15.2. The number of carbonyl (C=O) groups is 3. The molecule has 170 valence electrons. The third-order valence-corrected chi connectivity index (χ3v) is 5.93. The van der Waals surface area contributed by atoms with Gasteiger partial charge in [-0.1, -0.05) is 29.8 Å². The molecule has 1 saturated heterocycles. The highest BCUT2D eigenvalue weighted by Gasteiger charge is 2.37. The number of methoxy groups -OCH3 is 1. The average Bonchev–Trinajstić information content (AvgIpc) is 3.25. The molecule has 2 aromatic carbocycles. The number of ether oxygens (including phenoxy) is 1. The second-order valence-electron chi connectivity index (χ2n) is 8.01. The summed E-state index contributed by atoms with van der Waals surface area (Å²) in [4.78, 5) is 41.8. The van der Waals surface area contributed by atoms with Gasteiger partial charge >= 0.3 is 0 Å². The molecule has 1 atom stereocenters. The number of aryl methyl sites for hydroxylation is 2. The molecule has 0 radical (unpaired) electrons. The second-order valence-corrected chi connectivity index (χ2v) is 8.45. The molecule has 0 spiro atoms. The Kier molecular flexibility index (Phi) is 7.40. The van der Waals surface area contributed by atoms with Gasteiger partial charge in [0, 0.05) is 24.3 Å². The quantitative estimate of drug-likeness (QED) is 0.717. The molecule has 8 heteroatoms. The van der Waals surface area contributed by atoms with E-state index in [2.05, 4.69) is 5.32 Å². The van der Waals surface area contributed by atoms with E-state index >= 15 is 0 Å². The lowest BCUT2D eigenvalue weighted by Gasteiger charge is -2.28. The van der Waals surface area contributed by atoms with Crippen molar-refractivity contribution in [3.63, 3.8) is 0 Å². The van der Waals surface area contributed by atoms with Gasteiger partial charge in [0.05, 0.1) is 19.2 Å². The summed E-state index contributed by atoms with van der Waals surface area (Å²) in [6, 6.07) is 9.96. The molecule has 0 aromatic heterocycles. The predicted molar refractivity (Wildman–Crippen MR) is 124 cm³/mol. The van der Waals surface area contributed by atoms with Gasteiger partial charge in [-0.15, -0.1) is 0 Å². The number of anilines is 1. The number of nitrogens with zero attached hydrogens (tertiary/aromatic N) is 2. The van der Waals surface area contributed by atoms with Crippen LogP contribution in [0.5, 0.6) is 5.75 Å². The first-order valence-corrected chi connectivity index (χ1v) is 10.9. The Hall–Kier alpha value is -3.06. The lowest BCUT2D eigenvalue weighted by Crippen LogP contribution is -2.48. The smallest absolute Gasteiger partial charge is 0.258 e. The fourth-order valence-corrected chi connectivity index (χ4v) is 4.18. The summed E-state index contributed by atoms with van der Waals surface area (Å²) in [5, 5.41) is 3.30. The third kappa shape index (κ3) is 5.05. The van der Waals surface area contributed by atoms with E-state index in [1.54, 1.807) is 25.2 Å². The lowest BCUT2D eigenvalue weighted by molar-refractivity contribution is -0.136. The highest BCUT2D eigenvalue weighted by molar-refractivity contribution is 6.31. The predicted octanol–water partition coefficient (Wildman–Crippen LogP) is 3.67. The summed E-state index contributed by atoms with van der Waals surface area (Å²) in [7, 11) is 3.06. The summed E-state index contributed by atoms with van der Waals surface area (Å²) in [6.07, 6.45) is 1.24. The van der Waals surface area contributed by atoms with Gasteiger partial charge in [0.15, 0.2) is 0 Å². The van der Waals surface area contributed by atoms with Crippen LogP contribution >= 0.6 is 11.6 Å². The first kappa shape index (κ1) is 23.6. The molecule has 2 aromatic rings. The van der Waals surface area contributed by atoms with Crippen molar-refractivity contribution in [3.8, 4) is 5.75 Å². The number of hydrogen-bond donors (Lipinski definition) is 1. The molecule has 1 heterocycles. The van der Waals surface area contributed by atoms with Crippen LogP contribution in [0.1, 0.15) is 34.3 Å². The van der Waals surface area contributed by atoms with Gasteiger partial charge in [0.1, 0.15) is 11.8 Å². The van der Waals surface area contributed by atoms with Crippen LogP contribution in [0.15, 0.2) is 36.4 Å². The third-order valence-electron chi connectivity index (χ3n) is 5.69. The minimum Gasteiger partial charge on any atom is -0.496 e. The lowest BCUT2D eigenvalue weighted by atomic mass is 10.1. The fraction of sp³-hybridized carbons (Fsp3) is 0.375. The number of likely N-dealkylation sites (tertiary alicyclic amines) is 1. The van der Waals surface area contributed by atoms with Crippen molar-refractivity contribution >= 4 is 35.0 Å². The fourth-order valence-electron chi connectivity index (χ4n) is 4.01. The normalized spacial score (nSPS) is 15.4. The molecule has 1 fully saturated rings. The Bertz CT molecular complexity index is 1020. The molecule has 1 unspecified atom stereocenters. The zero-order valence-electron chi connectivity index (χ0n) is 18.8.